The van der Waals surface area contributed by atoms with E-state index in [0.29, 0.717) is 12.8 Å². The molecule has 0 saturated carbocycles. The van der Waals surface area contributed by atoms with Crippen LogP contribution in [0, 0.1) is 5.41 Å². The molecule has 0 N–H and O–H groups in total. The van der Waals surface area contributed by atoms with Gasteiger partial charge in [-0.3, -0.25) is 9.59 Å². The van der Waals surface area contributed by atoms with Gasteiger partial charge in [-0.2, -0.15) is 0 Å². The van der Waals surface area contributed by atoms with Gasteiger partial charge in [-0.05, 0) is 37.3 Å². The Kier molecular flexibility index (Phi) is 11.5. The molecule has 0 spiro atoms. The Labute approximate surface area is 195 Å². The van der Waals surface area contributed by atoms with Crippen LogP contribution in [0.3, 0.4) is 0 Å². The first-order valence-corrected chi connectivity index (χ1v) is 12.7. The van der Waals surface area contributed by atoms with Gasteiger partial charge >= 0.3 is 5.97 Å². The zero-order valence-corrected chi connectivity index (χ0v) is 20.4. The van der Waals surface area contributed by atoms with E-state index < -0.39 is 11.5 Å². The maximum Gasteiger partial charge on any atom is 0.316 e. The van der Waals surface area contributed by atoms with Crippen molar-refractivity contribution < 1.29 is 14.3 Å². The summed E-state index contributed by atoms with van der Waals surface area (Å²) < 4.78 is 5.75. The van der Waals surface area contributed by atoms with Crippen LogP contribution in [-0.4, -0.2) is 17.9 Å². The average molecular weight is 439 g/mol. The lowest BCUT2D eigenvalue weighted by Crippen LogP contribution is -2.36. The Balaban J connectivity index is 2.04. The minimum absolute atomic E-state index is 0.0295. The lowest BCUT2D eigenvalue weighted by Gasteiger charge is -2.31. The lowest BCUT2D eigenvalue weighted by molar-refractivity contribution is -0.162. The minimum atomic E-state index is -0.673. The number of ether oxygens (including phenoxy) is 1. The van der Waals surface area contributed by atoms with Crippen LogP contribution < -0.4 is 0 Å². The first kappa shape index (κ1) is 26.1. The molecule has 32 heavy (non-hydrogen) atoms. The predicted octanol–water partition coefficient (Wildman–Crippen LogP) is 7.85. The van der Waals surface area contributed by atoms with E-state index in [1.165, 1.54) is 25.7 Å². The van der Waals surface area contributed by atoms with Crippen LogP contribution in [0.25, 0.3) is 5.57 Å². The van der Waals surface area contributed by atoms with Crippen molar-refractivity contribution in [3.05, 3.63) is 54.1 Å². The summed E-state index contributed by atoms with van der Waals surface area (Å²) in [5, 5.41) is 0. The number of allylic oxidation sites excluding steroid dienone is 3. The number of ketones is 1. The molecule has 176 valence electrons. The van der Waals surface area contributed by atoms with Crippen molar-refractivity contribution in [1.82, 2.24) is 0 Å². The molecule has 0 bridgehead atoms. The molecule has 2 atom stereocenters. The van der Waals surface area contributed by atoms with Crippen molar-refractivity contribution in [3.8, 4) is 0 Å². The Morgan fingerprint density at radius 3 is 2.25 bits per heavy atom. The van der Waals surface area contributed by atoms with E-state index in [-0.39, 0.29) is 11.8 Å². The molecule has 0 amide bonds. The maximum atomic E-state index is 13.3. The zero-order chi connectivity index (χ0) is 23.2. The number of rotatable bonds is 15. The second kappa shape index (κ2) is 14.1. The number of hydrogen-bond donors (Lipinski definition) is 0. The van der Waals surface area contributed by atoms with Crippen molar-refractivity contribution in [1.29, 1.82) is 0 Å². The third kappa shape index (κ3) is 8.07. The molecule has 1 aliphatic carbocycles. The van der Waals surface area contributed by atoms with E-state index in [1.54, 1.807) is 6.92 Å². The van der Waals surface area contributed by atoms with E-state index in [4.69, 9.17) is 4.74 Å². The number of Topliss-reactive ketones (excluding diaryl/α,β-unsaturated/α-hetero) is 1. The van der Waals surface area contributed by atoms with Crippen LogP contribution in [0.4, 0.5) is 0 Å². The van der Waals surface area contributed by atoms with Gasteiger partial charge in [0.15, 0.2) is 11.9 Å². The van der Waals surface area contributed by atoms with E-state index >= 15 is 0 Å². The molecule has 2 rings (SSSR count). The van der Waals surface area contributed by atoms with Gasteiger partial charge in [0.05, 0.1) is 5.41 Å². The van der Waals surface area contributed by atoms with Crippen molar-refractivity contribution >= 4 is 17.3 Å². The molecule has 0 heterocycles. The fourth-order valence-electron chi connectivity index (χ4n) is 4.28. The van der Waals surface area contributed by atoms with Crippen LogP contribution in [0.5, 0.6) is 0 Å². The summed E-state index contributed by atoms with van der Waals surface area (Å²) in [5.74, 6) is -0.219. The summed E-state index contributed by atoms with van der Waals surface area (Å²) in [6.45, 7) is 6.06. The molecule has 1 aliphatic rings. The van der Waals surface area contributed by atoms with Crippen molar-refractivity contribution in [2.24, 2.45) is 5.41 Å². The number of benzene rings is 1. The summed E-state index contributed by atoms with van der Waals surface area (Å²) in [6.07, 6.45) is 17.5. The van der Waals surface area contributed by atoms with E-state index in [9.17, 15) is 9.59 Å². The van der Waals surface area contributed by atoms with Gasteiger partial charge in [0.2, 0.25) is 0 Å². The smallest absolute Gasteiger partial charge is 0.316 e. The molecule has 0 radical (unpaired) electrons. The number of esters is 1. The second-order valence-electron chi connectivity index (χ2n) is 9.21. The Hall–Kier alpha value is -2.16. The molecular weight excluding hydrogens is 396 g/mol. The predicted molar refractivity (Wildman–Crippen MR) is 133 cm³/mol. The molecule has 1 aromatic rings. The summed E-state index contributed by atoms with van der Waals surface area (Å²) in [6, 6.07) is 10.2. The van der Waals surface area contributed by atoms with Crippen LogP contribution in [0.1, 0.15) is 103 Å². The molecule has 0 aliphatic heterocycles. The number of hydrogen-bond acceptors (Lipinski definition) is 3. The Morgan fingerprint density at radius 2 is 1.59 bits per heavy atom. The van der Waals surface area contributed by atoms with Gasteiger partial charge in [0, 0.05) is 6.42 Å². The molecule has 0 saturated heterocycles. The largest absolute Gasteiger partial charge is 0.454 e. The average Bonchev–Trinajstić information content (AvgIpc) is 2.82. The summed E-state index contributed by atoms with van der Waals surface area (Å²) in [7, 11) is 0. The SMILES string of the molecule is CCCCCCCCC1(C(=O)OC(C)C(=O)CCCCC)C=CC(c2ccccc2)=CC1. The highest BCUT2D eigenvalue weighted by Crippen LogP contribution is 2.39. The van der Waals surface area contributed by atoms with Crippen LogP contribution in [-0.2, 0) is 14.3 Å². The van der Waals surface area contributed by atoms with Gasteiger partial charge in [0.1, 0.15) is 0 Å². The fraction of sp³-hybridized carbons (Fsp3) is 0.586. The topological polar surface area (TPSA) is 43.4 Å². The number of carbonyl (C=O) groups excluding carboxylic acids is 2. The van der Waals surface area contributed by atoms with Crippen molar-refractivity contribution in [3.63, 3.8) is 0 Å². The minimum Gasteiger partial charge on any atom is -0.454 e. The third-order valence-corrected chi connectivity index (χ3v) is 6.52. The number of carbonyl (C=O) groups is 2. The lowest BCUT2D eigenvalue weighted by atomic mass is 9.75. The van der Waals surface area contributed by atoms with Crippen molar-refractivity contribution in [2.75, 3.05) is 0 Å². The fourth-order valence-corrected chi connectivity index (χ4v) is 4.28. The zero-order valence-electron chi connectivity index (χ0n) is 20.4. The molecule has 0 aromatic heterocycles. The Bertz CT molecular complexity index is 762. The van der Waals surface area contributed by atoms with E-state index in [1.807, 2.05) is 24.3 Å². The molecule has 3 heteroatoms. The normalized spacial score (nSPS) is 18.8. The van der Waals surface area contributed by atoms with Gasteiger partial charge in [-0.1, -0.05) is 114 Å². The van der Waals surface area contributed by atoms with Crippen LogP contribution in [0.15, 0.2) is 48.6 Å². The van der Waals surface area contributed by atoms with Gasteiger partial charge in [0.25, 0.3) is 0 Å². The Morgan fingerprint density at radius 1 is 0.938 bits per heavy atom. The third-order valence-electron chi connectivity index (χ3n) is 6.52. The second-order valence-corrected chi connectivity index (χ2v) is 9.21. The van der Waals surface area contributed by atoms with E-state index in [0.717, 1.165) is 49.7 Å². The van der Waals surface area contributed by atoms with Gasteiger partial charge in [-0.25, -0.2) is 0 Å². The highest BCUT2D eigenvalue weighted by Gasteiger charge is 2.39. The molecule has 3 nitrogen and oxygen atoms in total. The molecular formula is C29H42O3. The van der Waals surface area contributed by atoms with Crippen LogP contribution >= 0.6 is 0 Å². The summed E-state index contributed by atoms with van der Waals surface area (Å²) >= 11 is 0. The quantitative estimate of drug-likeness (QED) is 0.207. The van der Waals surface area contributed by atoms with Gasteiger partial charge in [-0.15, -0.1) is 0 Å². The highest BCUT2D eigenvalue weighted by atomic mass is 16.5. The van der Waals surface area contributed by atoms with Crippen LogP contribution in [0.2, 0.25) is 0 Å². The van der Waals surface area contributed by atoms with Gasteiger partial charge < -0.3 is 4.74 Å². The first-order chi connectivity index (χ1) is 15.5. The standard InChI is InChI=1S/C29H42O3/c1-4-6-8-9-10-15-21-29(28(31)32-24(3)27(30)18-12-7-5-2)22-19-26(20-23-29)25-16-13-11-14-17-25/h11,13-14,16-17,19-20,22,24H,4-10,12,15,18,21,23H2,1-3H3. The van der Waals surface area contributed by atoms with E-state index in [2.05, 4.69) is 38.1 Å². The summed E-state index contributed by atoms with van der Waals surface area (Å²) in [4.78, 5) is 25.8. The molecule has 1 aromatic carbocycles. The molecule has 2 unspecified atom stereocenters. The number of unbranched alkanes of at least 4 members (excludes halogenated alkanes) is 7. The maximum absolute atomic E-state index is 13.3. The van der Waals surface area contributed by atoms with Crippen molar-refractivity contribution in [2.45, 2.75) is 104 Å². The summed E-state index contributed by atoms with van der Waals surface area (Å²) in [5.41, 5.74) is 1.63. The highest BCUT2D eigenvalue weighted by molar-refractivity contribution is 5.88. The first-order valence-electron chi connectivity index (χ1n) is 12.7. The monoisotopic (exact) mass is 438 g/mol. The molecule has 0 fully saturated rings.